The minimum Gasteiger partial charge on any atom is -0.497 e. The third-order valence-electron chi connectivity index (χ3n) is 3.97. The van der Waals surface area contributed by atoms with Crippen molar-refractivity contribution in [2.75, 3.05) is 13.7 Å². The standard InChI is InChI=1S/C21H23NO6S/c1-3-28-21(24)19(15-17-9-11-18(27-2)12-10-17)20(23)22-29(25,26)14-13-16-7-5-4-6-8-16/h4-14,19H,3,15H2,1-2H3,(H,22,23)/b14-13+. The van der Waals surface area contributed by atoms with E-state index in [-0.39, 0.29) is 13.0 Å². The lowest BCUT2D eigenvalue weighted by atomic mass is 9.99. The zero-order chi connectivity index (χ0) is 21.3. The van der Waals surface area contributed by atoms with Crippen molar-refractivity contribution >= 4 is 28.0 Å². The van der Waals surface area contributed by atoms with Crippen molar-refractivity contribution in [2.24, 2.45) is 5.92 Å². The number of esters is 1. The Kier molecular flexibility index (Phi) is 7.97. The number of benzene rings is 2. The first-order valence-electron chi connectivity index (χ1n) is 8.94. The fourth-order valence-electron chi connectivity index (χ4n) is 2.50. The highest BCUT2D eigenvalue weighted by Crippen LogP contribution is 2.16. The molecule has 0 fully saturated rings. The molecule has 0 heterocycles. The summed E-state index contributed by atoms with van der Waals surface area (Å²) in [6.07, 6.45) is 1.35. The van der Waals surface area contributed by atoms with E-state index in [1.807, 2.05) is 4.72 Å². The van der Waals surface area contributed by atoms with E-state index >= 15 is 0 Å². The van der Waals surface area contributed by atoms with Crippen LogP contribution in [0.2, 0.25) is 0 Å². The van der Waals surface area contributed by atoms with Crippen LogP contribution in [0.25, 0.3) is 6.08 Å². The number of carbonyl (C=O) groups is 2. The van der Waals surface area contributed by atoms with Crippen LogP contribution in [-0.4, -0.2) is 34.0 Å². The number of sulfonamides is 1. The highest BCUT2D eigenvalue weighted by molar-refractivity contribution is 7.93. The van der Waals surface area contributed by atoms with Gasteiger partial charge in [-0.1, -0.05) is 42.5 Å². The molecule has 1 amide bonds. The Morgan fingerprint density at radius 3 is 2.31 bits per heavy atom. The normalized spacial score (nSPS) is 12.3. The number of carbonyl (C=O) groups excluding carboxylic acids is 2. The highest BCUT2D eigenvalue weighted by atomic mass is 32.2. The fourth-order valence-corrected chi connectivity index (χ4v) is 3.33. The highest BCUT2D eigenvalue weighted by Gasteiger charge is 2.30. The van der Waals surface area contributed by atoms with E-state index in [1.54, 1.807) is 61.5 Å². The molecule has 2 aromatic rings. The van der Waals surface area contributed by atoms with Gasteiger partial charge in [0.1, 0.15) is 11.7 Å². The zero-order valence-corrected chi connectivity index (χ0v) is 17.0. The summed E-state index contributed by atoms with van der Waals surface area (Å²) < 4.78 is 36.5. The molecule has 0 bridgehead atoms. The van der Waals surface area contributed by atoms with Gasteiger partial charge in [-0.05, 0) is 42.7 Å². The molecule has 1 atom stereocenters. The molecule has 7 nitrogen and oxygen atoms in total. The maximum absolute atomic E-state index is 12.6. The van der Waals surface area contributed by atoms with Crippen LogP contribution in [0.3, 0.4) is 0 Å². The van der Waals surface area contributed by atoms with Crippen molar-refractivity contribution in [1.82, 2.24) is 4.72 Å². The number of hydrogen-bond donors (Lipinski definition) is 1. The molecule has 0 aliphatic rings. The Morgan fingerprint density at radius 1 is 1.07 bits per heavy atom. The second-order valence-electron chi connectivity index (χ2n) is 6.08. The SMILES string of the molecule is CCOC(=O)C(Cc1ccc(OC)cc1)C(=O)NS(=O)(=O)/C=C/c1ccccc1. The van der Waals surface area contributed by atoms with Gasteiger partial charge in [0.25, 0.3) is 10.0 Å². The second kappa shape index (κ2) is 10.4. The van der Waals surface area contributed by atoms with E-state index in [9.17, 15) is 18.0 Å². The van der Waals surface area contributed by atoms with Gasteiger partial charge in [-0.3, -0.25) is 9.59 Å². The average molecular weight is 417 g/mol. The van der Waals surface area contributed by atoms with E-state index in [2.05, 4.69) is 0 Å². The predicted molar refractivity (Wildman–Crippen MR) is 109 cm³/mol. The summed E-state index contributed by atoms with van der Waals surface area (Å²) in [4.78, 5) is 24.8. The Balaban J connectivity index is 2.15. The molecule has 0 aromatic heterocycles. The van der Waals surface area contributed by atoms with Gasteiger partial charge in [-0.25, -0.2) is 13.1 Å². The number of amides is 1. The minimum absolute atomic E-state index is 0.00736. The number of hydrogen-bond acceptors (Lipinski definition) is 6. The molecule has 0 saturated heterocycles. The summed E-state index contributed by atoms with van der Waals surface area (Å²) in [6, 6.07) is 15.5. The minimum atomic E-state index is -4.08. The van der Waals surface area contributed by atoms with Crippen LogP contribution in [0, 0.1) is 5.92 Å². The van der Waals surface area contributed by atoms with Crippen molar-refractivity contribution in [1.29, 1.82) is 0 Å². The van der Waals surface area contributed by atoms with Gasteiger partial charge in [-0.2, -0.15) is 0 Å². The van der Waals surface area contributed by atoms with Crippen LogP contribution in [0.5, 0.6) is 5.75 Å². The fraction of sp³-hybridized carbons (Fsp3) is 0.238. The van der Waals surface area contributed by atoms with Crippen LogP contribution in [0.15, 0.2) is 60.0 Å². The smallest absolute Gasteiger partial charge is 0.318 e. The molecule has 29 heavy (non-hydrogen) atoms. The number of rotatable bonds is 9. The number of nitrogens with one attached hydrogen (secondary N) is 1. The first-order valence-corrected chi connectivity index (χ1v) is 10.5. The van der Waals surface area contributed by atoms with E-state index in [0.717, 1.165) is 5.41 Å². The summed E-state index contributed by atoms with van der Waals surface area (Å²) >= 11 is 0. The van der Waals surface area contributed by atoms with Gasteiger partial charge in [0.15, 0.2) is 0 Å². The molecule has 2 rings (SSSR count). The van der Waals surface area contributed by atoms with Crippen molar-refractivity contribution in [3.05, 3.63) is 71.1 Å². The van der Waals surface area contributed by atoms with Gasteiger partial charge in [0, 0.05) is 0 Å². The van der Waals surface area contributed by atoms with Crippen molar-refractivity contribution in [3.63, 3.8) is 0 Å². The molecule has 154 valence electrons. The Labute approximate surface area is 170 Å². The van der Waals surface area contributed by atoms with Crippen LogP contribution in [0.4, 0.5) is 0 Å². The van der Waals surface area contributed by atoms with E-state index in [1.165, 1.54) is 13.2 Å². The molecule has 1 N–H and O–H groups in total. The van der Waals surface area contributed by atoms with Gasteiger partial charge >= 0.3 is 5.97 Å². The predicted octanol–water partition coefficient (Wildman–Crippen LogP) is 2.53. The van der Waals surface area contributed by atoms with Crippen molar-refractivity contribution in [3.8, 4) is 5.75 Å². The third-order valence-corrected chi connectivity index (χ3v) is 4.95. The average Bonchev–Trinajstić information content (AvgIpc) is 2.71. The molecule has 1 unspecified atom stereocenters. The summed E-state index contributed by atoms with van der Waals surface area (Å²) in [6.45, 7) is 1.69. The second-order valence-corrected chi connectivity index (χ2v) is 7.65. The molecule has 0 spiro atoms. The number of methoxy groups -OCH3 is 1. The first-order chi connectivity index (χ1) is 13.8. The Morgan fingerprint density at radius 2 is 1.72 bits per heavy atom. The van der Waals surface area contributed by atoms with E-state index in [4.69, 9.17) is 9.47 Å². The number of ether oxygens (including phenoxy) is 2. The van der Waals surface area contributed by atoms with Crippen molar-refractivity contribution in [2.45, 2.75) is 13.3 Å². The summed E-state index contributed by atoms with van der Waals surface area (Å²) in [5, 5.41) is 0.885. The summed E-state index contributed by atoms with van der Waals surface area (Å²) in [5.41, 5.74) is 1.32. The lowest BCUT2D eigenvalue weighted by Gasteiger charge is -2.15. The van der Waals surface area contributed by atoms with Crippen molar-refractivity contribution < 1.29 is 27.5 Å². The van der Waals surface area contributed by atoms with E-state index < -0.39 is 27.8 Å². The van der Waals surface area contributed by atoms with Crippen LogP contribution >= 0.6 is 0 Å². The van der Waals surface area contributed by atoms with Crippen LogP contribution in [-0.2, 0) is 30.8 Å². The molecule has 0 aliphatic heterocycles. The van der Waals surface area contributed by atoms with Gasteiger partial charge < -0.3 is 9.47 Å². The van der Waals surface area contributed by atoms with E-state index in [0.29, 0.717) is 16.9 Å². The Hall–Kier alpha value is -3.13. The van der Waals surface area contributed by atoms with Gasteiger partial charge in [-0.15, -0.1) is 0 Å². The molecule has 0 saturated carbocycles. The monoisotopic (exact) mass is 417 g/mol. The molecule has 0 radical (unpaired) electrons. The molecule has 2 aromatic carbocycles. The summed E-state index contributed by atoms with van der Waals surface area (Å²) in [5.74, 6) is -2.41. The molecular weight excluding hydrogens is 394 g/mol. The third kappa shape index (κ3) is 7.08. The molecule has 0 aliphatic carbocycles. The zero-order valence-electron chi connectivity index (χ0n) is 16.2. The lowest BCUT2D eigenvalue weighted by molar-refractivity contribution is -0.151. The van der Waals surface area contributed by atoms with Crippen LogP contribution in [0.1, 0.15) is 18.1 Å². The van der Waals surface area contributed by atoms with Gasteiger partial charge in [0.2, 0.25) is 5.91 Å². The quantitative estimate of drug-likeness (QED) is 0.497. The maximum atomic E-state index is 12.6. The molecule has 8 heteroatoms. The first kappa shape index (κ1) is 22.2. The topological polar surface area (TPSA) is 98.8 Å². The Bertz CT molecular complexity index is 952. The maximum Gasteiger partial charge on any atom is 0.318 e. The lowest BCUT2D eigenvalue weighted by Crippen LogP contribution is -2.40. The van der Waals surface area contributed by atoms with Gasteiger partial charge in [0.05, 0.1) is 19.1 Å². The van der Waals surface area contributed by atoms with Crippen LogP contribution < -0.4 is 9.46 Å². The molecular formula is C21H23NO6S. The summed E-state index contributed by atoms with van der Waals surface area (Å²) in [7, 11) is -2.56. The largest absolute Gasteiger partial charge is 0.497 e.